The average Bonchev–Trinajstić information content (AvgIpc) is 3.24. The first-order valence-electron chi connectivity index (χ1n) is 14.7. The summed E-state index contributed by atoms with van der Waals surface area (Å²) in [4.78, 5) is 2.46. The van der Waals surface area contributed by atoms with E-state index >= 15 is 0 Å². The summed E-state index contributed by atoms with van der Waals surface area (Å²) in [6, 6.07) is 49.1. The third-order valence-corrected chi connectivity index (χ3v) is 8.84. The molecule has 0 spiro atoms. The van der Waals surface area contributed by atoms with Gasteiger partial charge in [-0.15, -0.1) is 0 Å². The van der Waals surface area contributed by atoms with Gasteiger partial charge in [-0.25, -0.2) is 0 Å². The first-order chi connectivity index (χ1) is 19.9. The minimum Gasteiger partial charge on any atom is -0.310 e. The van der Waals surface area contributed by atoms with Crippen LogP contribution in [0.5, 0.6) is 0 Å². The number of rotatable bonds is 5. The number of benzene rings is 6. The highest BCUT2D eigenvalue weighted by Gasteiger charge is 2.36. The van der Waals surface area contributed by atoms with Crippen LogP contribution in [-0.2, 0) is 5.41 Å². The molecule has 1 nitrogen and oxygen atoms in total. The van der Waals surface area contributed by atoms with E-state index in [1.54, 1.807) is 0 Å². The molecule has 0 aliphatic heterocycles. The molecule has 1 aliphatic carbocycles. The van der Waals surface area contributed by atoms with E-state index in [4.69, 9.17) is 0 Å². The molecular formula is C40H35N. The van der Waals surface area contributed by atoms with Crippen LogP contribution in [0.25, 0.3) is 33.0 Å². The summed E-state index contributed by atoms with van der Waals surface area (Å²) < 4.78 is 0. The maximum atomic E-state index is 2.46. The van der Waals surface area contributed by atoms with E-state index in [0.29, 0.717) is 5.92 Å². The maximum Gasteiger partial charge on any atom is 0.0546 e. The molecule has 6 aromatic carbocycles. The molecule has 0 fully saturated rings. The Labute approximate surface area is 243 Å². The van der Waals surface area contributed by atoms with Crippen molar-refractivity contribution in [2.75, 3.05) is 4.90 Å². The highest BCUT2D eigenvalue weighted by molar-refractivity contribution is 6.06. The largest absolute Gasteiger partial charge is 0.310 e. The molecule has 1 aliphatic rings. The molecule has 7 rings (SSSR count). The van der Waals surface area contributed by atoms with Crippen molar-refractivity contribution in [1.82, 2.24) is 0 Å². The summed E-state index contributed by atoms with van der Waals surface area (Å²) in [7, 11) is 0. The van der Waals surface area contributed by atoms with Gasteiger partial charge in [-0.1, -0.05) is 131 Å². The summed E-state index contributed by atoms with van der Waals surface area (Å²) in [6.45, 7) is 9.29. The average molecular weight is 530 g/mol. The number of hydrogen-bond donors (Lipinski definition) is 0. The fraction of sp³-hybridized carbons (Fsp3) is 0.150. The Morgan fingerprint density at radius 1 is 0.537 bits per heavy atom. The van der Waals surface area contributed by atoms with E-state index < -0.39 is 0 Å². The smallest absolute Gasteiger partial charge is 0.0546 e. The quantitative estimate of drug-likeness (QED) is 0.215. The van der Waals surface area contributed by atoms with Crippen LogP contribution in [0.15, 0.2) is 133 Å². The Morgan fingerprint density at radius 3 is 2.00 bits per heavy atom. The molecule has 0 N–H and O–H groups in total. The highest BCUT2D eigenvalue weighted by atomic mass is 15.1. The fourth-order valence-electron chi connectivity index (χ4n) is 6.79. The molecule has 0 saturated carbocycles. The number of hydrogen-bond acceptors (Lipinski definition) is 1. The molecule has 0 radical (unpaired) electrons. The monoisotopic (exact) mass is 529 g/mol. The van der Waals surface area contributed by atoms with Crippen LogP contribution in [0.4, 0.5) is 17.1 Å². The topological polar surface area (TPSA) is 3.24 Å². The second kappa shape index (κ2) is 9.78. The Morgan fingerprint density at radius 2 is 1.20 bits per heavy atom. The lowest BCUT2D eigenvalue weighted by Gasteiger charge is -2.31. The van der Waals surface area contributed by atoms with Crippen LogP contribution in [0.2, 0.25) is 0 Å². The molecule has 0 unspecified atom stereocenters. The van der Waals surface area contributed by atoms with Gasteiger partial charge in [-0.2, -0.15) is 0 Å². The molecule has 0 aromatic heterocycles. The number of anilines is 3. The molecule has 0 saturated heterocycles. The van der Waals surface area contributed by atoms with Crippen LogP contribution < -0.4 is 4.90 Å². The number of para-hydroxylation sites is 1. The Kier molecular flexibility index (Phi) is 6.05. The number of fused-ring (bicyclic) bond motifs is 4. The minimum absolute atomic E-state index is 0.0687. The van der Waals surface area contributed by atoms with E-state index in [9.17, 15) is 0 Å². The van der Waals surface area contributed by atoms with Crippen molar-refractivity contribution in [3.8, 4) is 22.3 Å². The molecule has 200 valence electrons. The van der Waals surface area contributed by atoms with Crippen LogP contribution in [0.1, 0.15) is 50.3 Å². The molecule has 0 amide bonds. The molecule has 0 bridgehead atoms. The molecule has 0 heterocycles. The maximum absolute atomic E-state index is 2.46. The zero-order chi connectivity index (χ0) is 28.1. The summed E-state index contributed by atoms with van der Waals surface area (Å²) in [5, 5.41) is 2.52. The standard InChI is InChI=1S/C40H35N/c1-27(2)31-17-10-11-20-35(31)39-32-18-9-8-14-28(32)22-25-38(39)41(29-15-6-5-7-16-29)30-23-24-34-33-19-12-13-21-36(33)40(3,4)37(34)26-30/h5-27H,1-4H3. The van der Waals surface area contributed by atoms with Crippen molar-refractivity contribution in [3.63, 3.8) is 0 Å². The lowest BCUT2D eigenvalue weighted by atomic mass is 9.82. The van der Waals surface area contributed by atoms with E-state index in [1.807, 2.05) is 0 Å². The lowest BCUT2D eigenvalue weighted by molar-refractivity contribution is 0.660. The van der Waals surface area contributed by atoms with Gasteiger partial charge in [-0.3, -0.25) is 0 Å². The van der Waals surface area contributed by atoms with Crippen molar-refractivity contribution in [1.29, 1.82) is 0 Å². The Balaban J connectivity index is 1.53. The van der Waals surface area contributed by atoms with Gasteiger partial charge in [0, 0.05) is 22.4 Å². The molecule has 41 heavy (non-hydrogen) atoms. The van der Waals surface area contributed by atoms with Gasteiger partial charge in [0.15, 0.2) is 0 Å². The van der Waals surface area contributed by atoms with Crippen LogP contribution in [-0.4, -0.2) is 0 Å². The van der Waals surface area contributed by atoms with Gasteiger partial charge in [0.1, 0.15) is 0 Å². The van der Waals surface area contributed by atoms with E-state index in [-0.39, 0.29) is 5.41 Å². The Hall–Kier alpha value is -4.62. The van der Waals surface area contributed by atoms with Crippen LogP contribution in [0, 0.1) is 0 Å². The zero-order valence-electron chi connectivity index (χ0n) is 24.2. The minimum atomic E-state index is -0.0687. The van der Waals surface area contributed by atoms with Gasteiger partial charge in [0.05, 0.1) is 5.69 Å². The highest BCUT2D eigenvalue weighted by Crippen LogP contribution is 2.52. The van der Waals surface area contributed by atoms with E-state index in [2.05, 4.69) is 166 Å². The van der Waals surface area contributed by atoms with Crippen molar-refractivity contribution in [2.24, 2.45) is 0 Å². The summed E-state index contributed by atoms with van der Waals surface area (Å²) >= 11 is 0. The number of nitrogens with zero attached hydrogens (tertiary/aromatic N) is 1. The second-order valence-electron chi connectivity index (χ2n) is 12.0. The zero-order valence-corrected chi connectivity index (χ0v) is 24.2. The van der Waals surface area contributed by atoms with Gasteiger partial charge >= 0.3 is 0 Å². The first kappa shape index (κ1) is 25.4. The lowest BCUT2D eigenvalue weighted by Crippen LogP contribution is -2.17. The van der Waals surface area contributed by atoms with Gasteiger partial charge < -0.3 is 4.90 Å². The third kappa shape index (κ3) is 4.07. The van der Waals surface area contributed by atoms with E-state index in [1.165, 1.54) is 61.1 Å². The summed E-state index contributed by atoms with van der Waals surface area (Å²) in [5.74, 6) is 0.405. The van der Waals surface area contributed by atoms with Crippen LogP contribution in [0.3, 0.4) is 0 Å². The van der Waals surface area contributed by atoms with Crippen LogP contribution >= 0.6 is 0 Å². The van der Waals surface area contributed by atoms with E-state index in [0.717, 1.165) is 5.69 Å². The summed E-state index contributed by atoms with van der Waals surface area (Å²) in [5.41, 5.74) is 12.9. The van der Waals surface area contributed by atoms with Crippen molar-refractivity contribution in [3.05, 3.63) is 150 Å². The van der Waals surface area contributed by atoms with Crippen molar-refractivity contribution in [2.45, 2.75) is 39.0 Å². The first-order valence-corrected chi connectivity index (χ1v) is 14.7. The fourth-order valence-corrected chi connectivity index (χ4v) is 6.79. The molecule has 0 atom stereocenters. The Bertz CT molecular complexity index is 1890. The van der Waals surface area contributed by atoms with Gasteiger partial charge in [-0.05, 0) is 80.4 Å². The SMILES string of the molecule is CC(C)c1ccccc1-c1c(N(c2ccccc2)c2ccc3c(c2)C(C)(C)c2ccccc2-3)ccc2ccccc12. The molecule has 1 heteroatoms. The predicted molar refractivity (Wildman–Crippen MR) is 176 cm³/mol. The van der Waals surface area contributed by atoms with Gasteiger partial charge in [0.25, 0.3) is 0 Å². The third-order valence-electron chi connectivity index (χ3n) is 8.84. The second-order valence-corrected chi connectivity index (χ2v) is 12.0. The predicted octanol–water partition coefficient (Wildman–Crippen LogP) is 11.4. The normalized spacial score (nSPS) is 13.3. The molecular weight excluding hydrogens is 494 g/mol. The summed E-state index contributed by atoms with van der Waals surface area (Å²) in [6.07, 6.45) is 0. The molecule has 6 aromatic rings. The van der Waals surface area contributed by atoms with Crippen molar-refractivity contribution < 1.29 is 0 Å². The van der Waals surface area contributed by atoms with Crippen molar-refractivity contribution >= 4 is 27.8 Å². The van der Waals surface area contributed by atoms with Gasteiger partial charge in [0.2, 0.25) is 0 Å².